The van der Waals surface area contributed by atoms with Gasteiger partial charge in [0.1, 0.15) is 0 Å². The molecule has 2 aromatic rings. The third-order valence-electron chi connectivity index (χ3n) is 4.40. The Hall–Kier alpha value is -1.91. The van der Waals surface area contributed by atoms with Gasteiger partial charge in [0.05, 0.1) is 17.6 Å². The number of fused-ring (bicyclic) bond motifs is 1. The van der Waals surface area contributed by atoms with Gasteiger partial charge in [0.15, 0.2) is 5.65 Å². The predicted molar refractivity (Wildman–Crippen MR) is 83.1 cm³/mol. The second-order valence-electron chi connectivity index (χ2n) is 6.04. The molecule has 5 nitrogen and oxygen atoms in total. The largest absolute Gasteiger partial charge is 0.325 e. The van der Waals surface area contributed by atoms with Crippen molar-refractivity contribution in [1.29, 1.82) is 0 Å². The van der Waals surface area contributed by atoms with Crippen LogP contribution < -0.4 is 5.32 Å². The minimum absolute atomic E-state index is 0.0876. The number of carbonyl (C=O) groups excluding carboxylic acids is 1. The smallest absolute Gasteiger partial charge is 0.224 e. The van der Waals surface area contributed by atoms with Crippen LogP contribution in [0.5, 0.6) is 0 Å². The molecule has 3 rings (SSSR count). The summed E-state index contributed by atoms with van der Waals surface area (Å²) in [5, 5.41) is 8.29. The predicted octanol–water partition coefficient (Wildman–Crippen LogP) is 3.19. The number of aromatic nitrogens is 3. The van der Waals surface area contributed by atoms with Gasteiger partial charge in [-0.05, 0) is 25.3 Å². The number of aryl methyl sites for hydroxylation is 2. The van der Waals surface area contributed by atoms with Crippen molar-refractivity contribution in [2.75, 3.05) is 5.32 Å². The van der Waals surface area contributed by atoms with Crippen LogP contribution in [0, 0.1) is 12.8 Å². The SMILES string of the molecule is Cc1nn(C)c2ncc(NC(=O)CCC3CCCC3)cc12. The van der Waals surface area contributed by atoms with E-state index in [2.05, 4.69) is 15.4 Å². The van der Waals surface area contributed by atoms with Crippen molar-refractivity contribution in [1.82, 2.24) is 14.8 Å². The molecule has 1 aliphatic rings. The molecule has 0 atom stereocenters. The third kappa shape index (κ3) is 3.06. The Bertz CT molecular complexity index is 656. The van der Waals surface area contributed by atoms with Crippen LogP contribution in [-0.4, -0.2) is 20.7 Å². The van der Waals surface area contributed by atoms with Gasteiger partial charge in [0, 0.05) is 18.9 Å². The van der Waals surface area contributed by atoms with Crippen molar-refractivity contribution in [2.45, 2.75) is 45.4 Å². The van der Waals surface area contributed by atoms with Gasteiger partial charge in [-0.1, -0.05) is 25.7 Å². The summed E-state index contributed by atoms with van der Waals surface area (Å²) < 4.78 is 1.76. The van der Waals surface area contributed by atoms with Crippen molar-refractivity contribution in [3.05, 3.63) is 18.0 Å². The summed E-state index contributed by atoms with van der Waals surface area (Å²) in [7, 11) is 1.88. The maximum Gasteiger partial charge on any atom is 0.224 e. The van der Waals surface area contributed by atoms with E-state index in [-0.39, 0.29) is 5.91 Å². The van der Waals surface area contributed by atoms with Crippen LogP contribution in [-0.2, 0) is 11.8 Å². The van der Waals surface area contributed by atoms with E-state index in [1.54, 1.807) is 10.9 Å². The van der Waals surface area contributed by atoms with Crippen molar-refractivity contribution in [3.8, 4) is 0 Å². The molecule has 0 aromatic carbocycles. The van der Waals surface area contributed by atoms with Crippen LogP contribution in [0.3, 0.4) is 0 Å². The zero-order chi connectivity index (χ0) is 14.8. The van der Waals surface area contributed by atoms with Gasteiger partial charge in [-0.3, -0.25) is 9.48 Å². The maximum atomic E-state index is 12.0. The molecule has 0 radical (unpaired) electrons. The minimum atomic E-state index is 0.0876. The first-order valence-electron chi connectivity index (χ1n) is 7.72. The van der Waals surface area contributed by atoms with Crippen LogP contribution >= 0.6 is 0 Å². The molecule has 2 heterocycles. The summed E-state index contributed by atoms with van der Waals surface area (Å²) in [5.74, 6) is 0.835. The van der Waals surface area contributed by atoms with E-state index in [1.165, 1.54) is 25.7 Å². The normalized spacial score (nSPS) is 15.7. The average molecular weight is 286 g/mol. The van der Waals surface area contributed by atoms with E-state index in [1.807, 2.05) is 20.0 Å². The number of pyridine rings is 1. The Morgan fingerprint density at radius 1 is 1.43 bits per heavy atom. The highest BCUT2D eigenvalue weighted by atomic mass is 16.1. The molecule has 2 aromatic heterocycles. The van der Waals surface area contributed by atoms with E-state index >= 15 is 0 Å². The number of amides is 1. The summed E-state index contributed by atoms with van der Waals surface area (Å²) in [6.45, 7) is 1.95. The fourth-order valence-corrected chi connectivity index (χ4v) is 3.23. The molecule has 0 bridgehead atoms. The van der Waals surface area contributed by atoms with Gasteiger partial charge in [-0.15, -0.1) is 0 Å². The van der Waals surface area contributed by atoms with E-state index < -0.39 is 0 Å². The van der Waals surface area contributed by atoms with Gasteiger partial charge in [0.2, 0.25) is 5.91 Å². The lowest BCUT2D eigenvalue weighted by molar-refractivity contribution is -0.116. The van der Waals surface area contributed by atoms with E-state index in [4.69, 9.17) is 0 Å². The molecule has 0 unspecified atom stereocenters. The molecule has 112 valence electrons. The molecule has 1 N–H and O–H groups in total. The lowest BCUT2D eigenvalue weighted by Crippen LogP contribution is -2.13. The fourth-order valence-electron chi connectivity index (χ4n) is 3.23. The average Bonchev–Trinajstić information content (AvgIpc) is 3.06. The molecule has 0 aliphatic heterocycles. The highest BCUT2D eigenvalue weighted by Gasteiger charge is 2.16. The van der Waals surface area contributed by atoms with E-state index in [0.717, 1.165) is 34.8 Å². The first kappa shape index (κ1) is 14.0. The molecule has 1 amide bonds. The van der Waals surface area contributed by atoms with Crippen molar-refractivity contribution >= 4 is 22.6 Å². The van der Waals surface area contributed by atoms with Gasteiger partial charge in [0.25, 0.3) is 0 Å². The van der Waals surface area contributed by atoms with E-state index in [9.17, 15) is 4.79 Å². The summed E-state index contributed by atoms with van der Waals surface area (Å²) in [4.78, 5) is 16.4. The Labute approximate surface area is 124 Å². The Morgan fingerprint density at radius 2 is 2.19 bits per heavy atom. The number of anilines is 1. The van der Waals surface area contributed by atoms with Crippen LogP contribution in [0.4, 0.5) is 5.69 Å². The Kier molecular flexibility index (Phi) is 3.90. The number of hydrogen-bond acceptors (Lipinski definition) is 3. The summed E-state index contributed by atoms with van der Waals surface area (Å²) in [6.07, 6.45) is 8.55. The van der Waals surface area contributed by atoms with Crippen LogP contribution in [0.15, 0.2) is 12.3 Å². The summed E-state index contributed by atoms with van der Waals surface area (Å²) in [5.41, 5.74) is 2.54. The molecule has 1 fully saturated rings. The number of carbonyl (C=O) groups is 1. The minimum Gasteiger partial charge on any atom is -0.325 e. The van der Waals surface area contributed by atoms with Crippen molar-refractivity contribution in [2.24, 2.45) is 13.0 Å². The van der Waals surface area contributed by atoms with E-state index in [0.29, 0.717) is 6.42 Å². The number of rotatable bonds is 4. The Morgan fingerprint density at radius 3 is 2.95 bits per heavy atom. The highest BCUT2D eigenvalue weighted by Crippen LogP contribution is 2.28. The van der Waals surface area contributed by atoms with Crippen LogP contribution in [0.1, 0.15) is 44.2 Å². The summed E-state index contributed by atoms with van der Waals surface area (Å²) >= 11 is 0. The number of nitrogens with one attached hydrogen (secondary N) is 1. The highest BCUT2D eigenvalue weighted by molar-refractivity contribution is 5.93. The molecular weight excluding hydrogens is 264 g/mol. The van der Waals surface area contributed by atoms with Crippen molar-refractivity contribution in [3.63, 3.8) is 0 Å². The van der Waals surface area contributed by atoms with Gasteiger partial charge in [-0.25, -0.2) is 4.98 Å². The first-order chi connectivity index (χ1) is 10.1. The van der Waals surface area contributed by atoms with Gasteiger partial charge < -0.3 is 5.32 Å². The first-order valence-corrected chi connectivity index (χ1v) is 7.72. The zero-order valence-electron chi connectivity index (χ0n) is 12.7. The fraction of sp³-hybridized carbons (Fsp3) is 0.562. The summed E-state index contributed by atoms with van der Waals surface area (Å²) in [6, 6.07) is 1.96. The topological polar surface area (TPSA) is 59.8 Å². The van der Waals surface area contributed by atoms with Gasteiger partial charge in [-0.2, -0.15) is 5.10 Å². The van der Waals surface area contributed by atoms with Crippen molar-refractivity contribution < 1.29 is 4.79 Å². The molecule has 1 aliphatic carbocycles. The quantitative estimate of drug-likeness (QED) is 0.939. The third-order valence-corrected chi connectivity index (χ3v) is 4.40. The number of hydrogen-bond donors (Lipinski definition) is 1. The Balaban J connectivity index is 1.63. The second-order valence-corrected chi connectivity index (χ2v) is 6.04. The lowest BCUT2D eigenvalue weighted by Gasteiger charge is -2.09. The van der Waals surface area contributed by atoms with Gasteiger partial charge >= 0.3 is 0 Å². The molecule has 0 spiro atoms. The second kappa shape index (κ2) is 5.84. The number of nitrogens with zero attached hydrogens (tertiary/aromatic N) is 3. The standard InChI is InChI=1S/C16H22N4O/c1-11-14-9-13(10-17-16(14)20(2)19-11)18-15(21)8-7-12-5-3-4-6-12/h9-10,12H,3-8H2,1-2H3,(H,18,21). The van der Waals surface area contributed by atoms with Crippen LogP contribution in [0.2, 0.25) is 0 Å². The monoisotopic (exact) mass is 286 g/mol. The maximum absolute atomic E-state index is 12.0. The molecule has 1 saturated carbocycles. The zero-order valence-corrected chi connectivity index (χ0v) is 12.7. The molecule has 21 heavy (non-hydrogen) atoms. The van der Waals surface area contributed by atoms with Crippen LogP contribution in [0.25, 0.3) is 11.0 Å². The lowest BCUT2D eigenvalue weighted by atomic mass is 10.0. The molecular formula is C16H22N4O. The molecule has 0 saturated heterocycles. The molecule has 5 heteroatoms.